The number of carbonyl (C=O) groups is 1. The van der Waals surface area contributed by atoms with E-state index in [1.807, 2.05) is 42.5 Å². The molecular weight excluding hydrogens is 675 g/mol. The molecule has 53 heavy (non-hydrogen) atoms. The maximum atomic E-state index is 15.0. The first-order valence-electron chi connectivity index (χ1n) is 17.0. The van der Waals surface area contributed by atoms with Crippen LogP contribution in [-0.4, -0.2) is 71.5 Å². The number of pyridine rings is 1. The molecule has 1 fully saturated rings. The lowest BCUT2D eigenvalue weighted by molar-refractivity contribution is 0.0742. The number of amides is 1. The Morgan fingerprint density at radius 3 is 2.43 bits per heavy atom. The molecule has 1 saturated heterocycles. The van der Waals surface area contributed by atoms with Gasteiger partial charge in [0.25, 0.3) is 17.0 Å². The molecule has 7 aromatic rings. The van der Waals surface area contributed by atoms with Gasteiger partial charge < -0.3 is 15.1 Å². The predicted molar refractivity (Wildman–Crippen MR) is 201 cm³/mol. The number of benzene rings is 3. The monoisotopic (exact) mass is 708 g/mol. The number of rotatable bonds is 9. The number of halogens is 1. The molecule has 8 rings (SSSR count). The molecule has 264 valence electrons. The number of carbonyl (C=O) groups excluding carboxylic acids is 1. The number of aromatic nitrogens is 7. The second-order valence-electron chi connectivity index (χ2n) is 12.6. The summed E-state index contributed by atoms with van der Waals surface area (Å²) in [5.74, 6) is -0.0866. The van der Waals surface area contributed by atoms with Crippen molar-refractivity contribution in [3.05, 3.63) is 153 Å². The number of piperazine rings is 1. The maximum Gasteiger partial charge on any atom is 0.278 e. The normalized spacial score (nSPS) is 13.1. The number of allylic oxidation sites excluding steroid dienone is 1. The molecule has 5 heterocycles. The Bertz CT molecular complexity index is 2610. The van der Waals surface area contributed by atoms with Crippen LogP contribution in [0.4, 0.5) is 21.7 Å². The third-order valence-corrected chi connectivity index (χ3v) is 9.31. The molecule has 14 heteroatoms. The third kappa shape index (κ3) is 6.42. The van der Waals surface area contributed by atoms with Crippen molar-refractivity contribution < 1.29 is 9.18 Å². The van der Waals surface area contributed by atoms with Crippen LogP contribution >= 0.6 is 0 Å². The van der Waals surface area contributed by atoms with E-state index in [0.717, 1.165) is 11.4 Å². The number of hydrogen-bond acceptors (Lipinski definition) is 9. The third-order valence-electron chi connectivity index (χ3n) is 9.31. The van der Waals surface area contributed by atoms with E-state index in [1.165, 1.54) is 16.9 Å². The lowest BCUT2D eigenvalue weighted by Crippen LogP contribution is -2.49. The highest BCUT2D eigenvalue weighted by molar-refractivity contribution is 5.95. The van der Waals surface area contributed by atoms with E-state index in [9.17, 15) is 14.4 Å². The van der Waals surface area contributed by atoms with Crippen molar-refractivity contribution in [2.24, 2.45) is 0 Å². The fourth-order valence-corrected chi connectivity index (χ4v) is 6.66. The van der Waals surface area contributed by atoms with E-state index in [4.69, 9.17) is 0 Å². The number of nitrogens with zero attached hydrogens (tertiary/aromatic N) is 8. The highest BCUT2D eigenvalue weighted by Crippen LogP contribution is 2.24. The van der Waals surface area contributed by atoms with E-state index in [1.54, 1.807) is 58.3 Å². The standard InChI is InChI=1S/C39H33FN10O3/c1-2-17-49-38(53)31-24-42-39(44-35(31)50(49)34-9-5-6-16-41-34)43-26-11-13-27(14-12-26)47-18-20-48(21-19-47)37(52)30-22-25(10-15-32(30)40)23-33-28-7-3-4-8-29(28)36(51)46-45-33/h2-16,22,24H,1,17-21,23H2,(H,46,51)(H,42,43,44). The zero-order valence-corrected chi connectivity index (χ0v) is 28.4. The minimum Gasteiger partial charge on any atom is -0.368 e. The van der Waals surface area contributed by atoms with Gasteiger partial charge in [0, 0.05) is 61.8 Å². The zero-order valence-electron chi connectivity index (χ0n) is 28.4. The first kappa shape index (κ1) is 33.2. The molecule has 0 atom stereocenters. The molecule has 0 aliphatic carbocycles. The number of nitrogens with one attached hydrogen (secondary N) is 2. The van der Waals surface area contributed by atoms with Crippen molar-refractivity contribution >= 4 is 45.0 Å². The van der Waals surface area contributed by atoms with E-state index in [2.05, 4.69) is 41.9 Å². The summed E-state index contributed by atoms with van der Waals surface area (Å²) in [7, 11) is 0. The summed E-state index contributed by atoms with van der Waals surface area (Å²) in [6, 6.07) is 24.9. The highest BCUT2D eigenvalue weighted by atomic mass is 19.1. The second-order valence-corrected chi connectivity index (χ2v) is 12.6. The molecule has 0 saturated carbocycles. The van der Waals surface area contributed by atoms with E-state index in [-0.39, 0.29) is 29.1 Å². The van der Waals surface area contributed by atoms with Gasteiger partial charge in [-0.3, -0.25) is 14.4 Å². The summed E-state index contributed by atoms with van der Waals surface area (Å²) in [6.07, 6.45) is 5.13. The van der Waals surface area contributed by atoms with Crippen molar-refractivity contribution in [3.63, 3.8) is 0 Å². The first-order chi connectivity index (χ1) is 25.9. The molecular formula is C39H33FN10O3. The second kappa shape index (κ2) is 14.0. The molecule has 1 amide bonds. The number of H-pyrrole nitrogens is 1. The molecule has 0 unspecified atom stereocenters. The van der Waals surface area contributed by atoms with Crippen LogP contribution in [0.15, 0.2) is 120 Å². The van der Waals surface area contributed by atoms with E-state index >= 15 is 4.39 Å². The van der Waals surface area contributed by atoms with Crippen LogP contribution < -0.4 is 21.3 Å². The van der Waals surface area contributed by atoms with Crippen molar-refractivity contribution in [3.8, 4) is 5.82 Å². The number of fused-ring (bicyclic) bond motifs is 2. The van der Waals surface area contributed by atoms with Crippen LogP contribution in [0.2, 0.25) is 0 Å². The summed E-state index contributed by atoms with van der Waals surface area (Å²) in [6.45, 7) is 6.04. The van der Waals surface area contributed by atoms with Crippen LogP contribution in [0, 0.1) is 5.82 Å². The summed E-state index contributed by atoms with van der Waals surface area (Å²) in [5, 5.41) is 11.6. The molecule has 0 spiro atoms. The van der Waals surface area contributed by atoms with Gasteiger partial charge >= 0.3 is 0 Å². The summed E-state index contributed by atoms with van der Waals surface area (Å²) < 4.78 is 18.2. The quantitative estimate of drug-likeness (QED) is 0.201. The fraction of sp³-hybridized carbons (Fsp3) is 0.154. The van der Waals surface area contributed by atoms with Gasteiger partial charge in [-0.15, -0.1) is 6.58 Å². The van der Waals surface area contributed by atoms with Crippen molar-refractivity contribution in [2.45, 2.75) is 13.0 Å². The zero-order chi connectivity index (χ0) is 36.5. The average Bonchev–Trinajstić information content (AvgIpc) is 3.47. The van der Waals surface area contributed by atoms with Gasteiger partial charge in [-0.1, -0.05) is 36.4 Å². The van der Waals surface area contributed by atoms with Gasteiger partial charge in [0.1, 0.15) is 11.2 Å². The van der Waals surface area contributed by atoms with Crippen LogP contribution in [0.1, 0.15) is 21.6 Å². The van der Waals surface area contributed by atoms with Crippen molar-refractivity contribution in [2.75, 3.05) is 36.4 Å². The summed E-state index contributed by atoms with van der Waals surface area (Å²) >= 11 is 0. The lowest BCUT2D eigenvalue weighted by atomic mass is 10.0. The van der Waals surface area contributed by atoms with Gasteiger partial charge in [-0.2, -0.15) is 10.1 Å². The Kier molecular flexibility index (Phi) is 8.76. The summed E-state index contributed by atoms with van der Waals surface area (Å²) in [4.78, 5) is 56.2. The molecule has 1 aliphatic rings. The van der Waals surface area contributed by atoms with Gasteiger partial charge in [0.15, 0.2) is 11.5 Å². The maximum absolute atomic E-state index is 15.0. The number of anilines is 3. The Labute approximate surface area is 301 Å². The van der Waals surface area contributed by atoms with Crippen LogP contribution in [0.5, 0.6) is 0 Å². The van der Waals surface area contributed by atoms with Gasteiger partial charge in [0.2, 0.25) is 5.95 Å². The molecule has 4 aromatic heterocycles. The average molecular weight is 709 g/mol. The van der Waals surface area contributed by atoms with Crippen LogP contribution in [-0.2, 0) is 13.0 Å². The molecule has 3 aromatic carbocycles. The van der Waals surface area contributed by atoms with Gasteiger partial charge in [-0.05, 0) is 60.2 Å². The largest absolute Gasteiger partial charge is 0.368 e. The molecule has 13 nitrogen and oxygen atoms in total. The SMILES string of the molecule is C=CCn1c(=O)c2cnc(Nc3ccc(N4CCN(C(=O)c5cc(Cc6n[nH]c(=O)c7ccccc67)ccc5F)CC4)cc3)nc2n1-c1ccccn1. The predicted octanol–water partition coefficient (Wildman–Crippen LogP) is 4.84. The van der Waals surface area contributed by atoms with Gasteiger partial charge in [0.05, 0.1) is 23.2 Å². The minimum absolute atomic E-state index is 0.00909. The minimum atomic E-state index is -0.582. The number of hydrogen-bond donors (Lipinski definition) is 2. The van der Waals surface area contributed by atoms with Crippen LogP contribution in [0.3, 0.4) is 0 Å². The topological polar surface area (TPSA) is 147 Å². The smallest absolute Gasteiger partial charge is 0.278 e. The molecule has 1 aliphatic heterocycles. The molecule has 0 radical (unpaired) electrons. The van der Waals surface area contributed by atoms with Crippen molar-refractivity contribution in [1.82, 2.24) is 39.4 Å². The number of aromatic amines is 1. The Morgan fingerprint density at radius 1 is 0.906 bits per heavy atom. The highest BCUT2D eigenvalue weighted by Gasteiger charge is 2.25. The van der Waals surface area contributed by atoms with E-state index < -0.39 is 5.82 Å². The lowest BCUT2D eigenvalue weighted by Gasteiger charge is -2.36. The Hall–Kier alpha value is -6.96. The van der Waals surface area contributed by atoms with Crippen LogP contribution in [0.25, 0.3) is 27.6 Å². The molecule has 0 bridgehead atoms. The molecule has 2 N–H and O–H groups in total. The van der Waals surface area contributed by atoms with Gasteiger partial charge in [-0.25, -0.2) is 28.8 Å². The summed E-state index contributed by atoms with van der Waals surface area (Å²) in [5.41, 5.74) is 2.98. The Morgan fingerprint density at radius 2 is 1.68 bits per heavy atom. The Balaban J connectivity index is 0.935. The first-order valence-corrected chi connectivity index (χ1v) is 17.0. The fourth-order valence-electron chi connectivity index (χ4n) is 6.66. The van der Waals surface area contributed by atoms with E-state index in [0.29, 0.717) is 77.4 Å². The van der Waals surface area contributed by atoms with Crippen molar-refractivity contribution in [1.29, 1.82) is 0 Å².